The minimum atomic E-state index is -0.0982. The normalized spacial score (nSPS) is 17.9. The highest BCUT2D eigenvalue weighted by Crippen LogP contribution is 2.38. The SMILES string of the molecule is CCNC1CCCc2sc(-c3ccc(O)c(O)c3)nc21. The van der Waals surface area contributed by atoms with E-state index in [1.165, 1.54) is 17.4 Å². The summed E-state index contributed by atoms with van der Waals surface area (Å²) in [4.78, 5) is 6.09. The van der Waals surface area contributed by atoms with E-state index in [1.807, 2.05) is 0 Å². The molecule has 4 nitrogen and oxygen atoms in total. The minimum absolute atomic E-state index is 0.0967. The smallest absolute Gasteiger partial charge is 0.158 e. The second-order valence-electron chi connectivity index (χ2n) is 5.03. The number of aryl methyl sites for hydroxylation is 1. The van der Waals surface area contributed by atoms with Gasteiger partial charge in [-0.15, -0.1) is 11.3 Å². The topological polar surface area (TPSA) is 65.4 Å². The van der Waals surface area contributed by atoms with Gasteiger partial charge >= 0.3 is 0 Å². The molecule has 1 aromatic heterocycles. The number of nitrogens with zero attached hydrogens (tertiary/aromatic N) is 1. The molecule has 0 saturated carbocycles. The number of phenolic OH excluding ortho intramolecular Hbond substituents is 2. The molecule has 5 heteroatoms. The summed E-state index contributed by atoms with van der Waals surface area (Å²) in [6.07, 6.45) is 3.40. The standard InChI is InChI=1S/C15H18N2O2S/c1-2-16-10-4-3-5-13-14(10)17-15(20-13)9-6-7-11(18)12(19)8-9/h6-8,10,16,18-19H,2-5H2,1H3. The molecule has 0 radical (unpaired) electrons. The van der Waals surface area contributed by atoms with Crippen molar-refractivity contribution in [3.8, 4) is 22.1 Å². The van der Waals surface area contributed by atoms with Gasteiger partial charge in [0.1, 0.15) is 5.01 Å². The average Bonchev–Trinajstić information content (AvgIpc) is 2.87. The number of hydrogen-bond donors (Lipinski definition) is 3. The Morgan fingerprint density at radius 2 is 2.20 bits per heavy atom. The Hall–Kier alpha value is -1.59. The van der Waals surface area contributed by atoms with Gasteiger partial charge in [0, 0.05) is 10.4 Å². The number of benzene rings is 1. The van der Waals surface area contributed by atoms with E-state index in [1.54, 1.807) is 23.5 Å². The van der Waals surface area contributed by atoms with E-state index >= 15 is 0 Å². The van der Waals surface area contributed by atoms with E-state index in [4.69, 9.17) is 4.98 Å². The van der Waals surface area contributed by atoms with E-state index in [-0.39, 0.29) is 11.5 Å². The fourth-order valence-corrected chi connectivity index (χ4v) is 3.80. The van der Waals surface area contributed by atoms with Gasteiger partial charge in [-0.1, -0.05) is 6.92 Å². The van der Waals surface area contributed by atoms with E-state index < -0.39 is 0 Å². The third-order valence-corrected chi connectivity index (χ3v) is 4.81. The van der Waals surface area contributed by atoms with E-state index in [2.05, 4.69) is 12.2 Å². The van der Waals surface area contributed by atoms with Crippen LogP contribution in [0.3, 0.4) is 0 Å². The quantitative estimate of drug-likeness (QED) is 0.759. The van der Waals surface area contributed by atoms with Crippen molar-refractivity contribution in [1.82, 2.24) is 10.3 Å². The molecule has 1 aliphatic rings. The zero-order chi connectivity index (χ0) is 14.1. The summed E-state index contributed by atoms with van der Waals surface area (Å²) in [7, 11) is 0. The maximum Gasteiger partial charge on any atom is 0.158 e. The molecule has 3 rings (SSSR count). The number of nitrogens with one attached hydrogen (secondary N) is 1. The molecule has 1 heterocycles. The molecule has 0 saturated heterocycles. The van der Waals surface area contributed by atoms with Crippen molar-refractivity contribution in [2.24, 2.45) is 0 Å². The Morgan fingerprint density at radius 3 is 2.95 bits per heavy atom. The first-order chi connectivity index (χ1) is 9.69. The lowest BCUT2D eigenvalue weighted by Crippen LogP contribution is -2.24. The molecule has 1 unspecified atom stereocenters. The van der Waals surface area contributed by atoms with E-state index in [0.29, 0.717) is 6.04 Å². The molecule has 0 aliphatic heterocycles. The monoisotopic (exact) mass is 290 g/mol. The van der Waals surface area contributed by atoms with Crippen LogP contribution in [0.15, 0.2) is 18.2 Å². The van der Waals surface area contributed by atoms with Gasteiger partial charge in [0.15, 0.2) is 11.5 Å². The third kappa shape index (κ3) is 2.39. The number of hydrogen-bond acceptors (Lipinski definition) is 5. The molecule has 3 N–H and O–H groups in total. The first-order valence-corrected chi connectivity index (χ1v) is 7.76. The molecular weight excluding hydrogens is 272 g/mol. The van der Waals surface area contributed by atoms with Crippen LogP contribution in [0.25, 0.3) is 10.6 Å². The Morgan fingerprint density at radius 1 is 1.35 bits per heavy atom. The molecule has 106 valence electrons. The van der Waals surface area contributed by atoms with Crippen LogP contribution in [0.4, 0.5) is 0 Å². The van der Waals surface area contributed by atoms with Crippen LogP contribution in [-0.4, -0.2) is 21.7 Å². The van der Waals surface area contributed by atoms with Crippen molar-refractivity contribution in [2.75, 3.05) is 6.54 Å². The lowest BCUT2D eigenvalue weighted by Gasteiger charge is -2.21. The molecule has 0 fully saturated rings. The van der Waals surface area contributed by atoms with Crippen LogP contribution in [0.1, 0.15) is 36.4 Å². The summed E-state index contributed by atoms with van der Waals surface area (Å²) in [6, 6.07) is 5.22. The number of aromatic hydroxyl groups is 2. The summed E-state index contributed by atoms with van der Waals surface area (Å²) in [5.74, 6) is -0.195. The fraction of sp³-hybridized carbons (Fsp3) is 0.400. The largest absolute Gasteiger partial charge is 0.504 e. The molecule has 1 aromatic carbocycles. The summed E-state index contributed by atoms with van der Waals surface area (Å²) < 4.78 is 0. The van der Waals surface area contributed by atoms with Gasteiger partial charge in [0.05, 0.1) is 11.7 Å². The van der Waals surface area contributed by atoms with Gasteiger partial charge in [-0.05, 0) is 44.0 Å². The molecule has 1 aliphatic carbocycles. The number of aromatic nitrogens is 1. The zero-order valence-electron chi connectivity index (χ0n) is 11.4. The van der Waals surface area contributed by atoms with E-state index in [0.717, 1.165) is 35.7 Å². The summed E-state index contributed by atoms with van der Waals surface area (Å²) in [6.45, 7) is 3.05. The van der Waals surface area contributed by atoms with Crippen LogP contribution in [-0.2, 0) is 6.42 Å². The number of phenols is 2. The number of thiazole rings is 1. The summed E-state index contributed by atoms with van der Waals surface area (Å²) in [5, 5.41) is 23.4. The highest BCUT2D eigenvalue weighted by Gasteiger charge is 2.24. The van der Waals surface area contributed by atoms with Crippen molar-refractivity contribution >= 4 is 11.3 Å². The van der Waals surface area contributed by atoms with Gasteiger partial charge < -0.3 is 15.5 Å². The molecule has 20 heavy (non-hydrogen) atoms. The van der Waals surface area contributed by atoms with Gasteiger partial charge in [-0.3, -0.25) is 0 Å². The first kappa shape index (κ1) is 13.4. The van der Waals surface area contributed by atoms with Gasteiger partial charge in [0.25, 0.3) is 0 Å². The molecular formula is C15H18N2O2S. The lowest BCUT2D eigenvalue weighted by atomic mass is 9.97. The molecule has 0 bridgehead atoms. The van der Waals surface area contributed by atoms with Crippen LogP contribution >= 0.6 is 11.3 Å². The van der Waals surface area contributed by atoms with Crippen molar-refractivity contribution < 1.29 is 10.2 Å². The zero-order valence-corrected chi connectivity index (χ0v) is 12.2. The van der Waals surface area contributed by atoms with Gasteiger partial charge in [-0.2, -0.15) is 0 Å². The van der Waals surface area contributed by atoms with Crippen LogP contribution in [0, 0.1) is 0 Å². The third-order valence-electron chi connectivity index (χ3n) is 3.63. The first-order valence-electron chi connectivity index (χ1n) is 6.94. The Bertz CT molecular complexity index is 624. The Balaban J connectivity index is 1.97. The van der Waals surface area contributed by atoms with Crippen LogP contribution in [0.2, 0.25) is 0 Å². The molecule has 1 atom stereocenters. The second kappa shape index (κ2) is 5.42. The highest BCUT2D eigenvalue weighted by molar-refractivity contribution is 7.15. The van der Waals surface area contributed by atoms with Crippen molar-refractivity contribution in [1.29, 1.82) is 0 Å². The predicted octanol–water partition coefficient (Wildman–Crippen LogP) is 3.21. The summed E-state index contributed by atoms with van der Waals surface area (Å²) >= 11 is 1.69. The predicted molar refractivity (Wildman–Crippen MR) is 80.2 cm³/mol. The summed E-state index contributed by atoms with van der Waals surface area (Å²) in [5.41, 5.74) is 2.01. The van der Waals surface area contributed by atoms with Crippen molar-refractivity contribution in [3.05, 3.63) is 28.8 Å². The molecule has 2 aromatic rings. The van der Waals surface area contributed by atoms with Crippen molar-refractivity contribution in [2.45, 2.75) is 32.2 Å². The van der Waals surface area contributed by atoms with Crippen molar-refractivity contribution in [3.63, 3.8) is 0 Å². The number of fused-ring (bicyclic) bond motifs is 1. The highest BCUT2D eigenvalue weighted by atomic mass is 32.1. The van der Waals surface area contributed by atoms with Crippen LogP contribution in [0.5, 0.6) is 11.5 Å². The van der Waals surface area contributed by atoms with Crippen LogP contribution < -0.4 is 5.32 Å². The molecule has 0 spiro atoms. The van der Waals surface area contributed by atoms with Gasteiger partial charge in [0.2, 0.25) is 0 Å². The minimum Gasteiger partial charge on any atom is -0.504 e. The average molecular weight is 290 g/mol. The lowest BCUT2D eigenvalue weighted by molar-refractivity contribution is 0.404. The maximum atomic E-state index is 9.61. The second-order valence-corrected chi connectivity index (χ2v) is 6.12. The maximum absolute atomic E-state index is 9.61. The van der Waals surface area contributed by atoms with E-state index in [9.17, 15) is 10.2 Å². The fourth-order valence-electron chi connectivity index (χ4n) is 2.64. The Kier molecular flexibility index (Phi) is 3.63. The van der Waals surface area contributed by atoms with Gasteiger partial charge in [-0.25, -0.2) is 4.98 Å². The Labute approximate surface area is 122 Å². The number of rotatable bonds is 3. The molecule has 0 amide bonds.